The Hall–Kier alpha value is -5.99. The van der Waals surface area contributed by atoms with Crippen molar-refractivity contribution in [3.63, 3.8) is 0 Å². The van der Waals surface area contributed by atoms with Crippen molar-refractivity contribution in [2.24, 2.45) is 46.8 Å². The van der Waals surface area contributed by atoms with Crippen molar-refractivity contribution in [2.75, 3.05) is 40.6 Å². The number of benzene rings is 2. The van der Waals surface area contributed by atoms with Crippen molar-refractivity contribution in [1.29, 1.82) is 0 Å². The maximum Gasteiger partial charge on any atom is 0.329 e. The molecule has 89 heavy (non-hydrogen) atoms. The fourth-order valence-corrected chi connectivity index (χ4v) is 13.5. The van der Waals surface area contributed by atoms with E-state index in [4.69, 9.17) is 37.9 Å². The number of hydrogen-bond donors (Lipinski definition) is 2. The standard InChI is InChI=1S/C71H97NO17/c1-44-23-15-12-16-24-45(2)60(82-10)39-55-32-30-50(7)70(81,89-55)65(77)66(78)72-34-22-21-29-57(72)67(79)87-61(40-58(75)46(3)36-49(6)64(86-51(8)74)56(41-73)63(76)48(5)35-44)47(4)37-52-31-33-59(62(38-52)83-11)88-68(80)69(9)42-84-71(85-43-69,53-25-17-13-18-26-53)54-27-19-14-20-28-54/h12-20,23-28,36,44,46-48,50,52,55-57,59-62,64,73,81H,21-22,29-35,37-43H2,1-11H3/b16-12?,23-15+,45-24?,49-36+/t44-,46-,47-,48-,50-,52+,55+,56+,57+,59-,60+,61+,62-,64-,70-/m1/s1. The van der Waals surface area contributed by atoms with E-state index in [9.17, 15) is 43.8 Å². The minimum absolute atomic E-state index is 0.0186. The first kappa shape index (κ1) is 70.5. The Morgan fingerprint density at radius 2 is 1.44 bits per heavy atom. The molecule has 4 fully saturated rings. The Labute approximate surface area is 526 Å². The number of hydrogen-bond acceptors (Lipinski definition) is 17. The average molecular weight is 1240 g/mol. The molecule has 0 radical (unpaired) electrons. The molecule has 1 aliphatic carbocycles. The molecular formula is C71H97NO17. The summed E-state index contributed by atoms with van der Waals surface area (Å²) >= 11 is 0. The fourth-order valence-electron chi connectivity index (χ4n) is 13.5. The number of ether oxygens (including phenoxy) is 8. The molecule has 2 bridgehead atoms. The number of carbonyl (C=O) groups is 7. The highest BCUT2D eigenvalue weighted by molar-refractivity contribution is 6.39. The number of aliphatic hydroxyl groups is 2. The maximum absolute atomic E-state index is 14.8. The van der Waals surface area contributed by atoms with Crippen molar-refractivity contribution >= 4 is 41.2 Å². The van der Waals surface area contributed by atoms with Crippen LogP contribution in [0.1, 0.15) is 150 Å². The molecule has 4 heterocycles. The van der Waals surface area contributed by atoms with Crippen LogP contribution in [0.4, 0.5) is 0 Å². The molecule has 3 saturated heterocycles. The van der Waals surface area contributed by atoms with Crippen LogP contribution in [0.25, 0.3) is 0 Å². The molecule has 0 unspecified atom stereocenters. The van der Waals surface area contributed by atoms with Gasteiger partial charge in [0.15, 0.2) is 0 Å². The second-order valence-electron chi connectivity index (χ2n) is 26.2. The van der Waals surface area contributed by atoms with E-state index in [1.807, 2.05) is 112 Å². The zero-order chi connectivity index (χ0) is 64.8. The zero-order valence-electron chi connectivity index (χ0n) is 54.1. The molecule has 7 rings (SSSR count). The van der Waals surface area contributed by atoms with Gasteiger partial charge in [-0.2, -0.15) is 0 Å². The van der Waals surface area contributed by atoms with Gasteiger partial charge in [0.2, 0.25) is 11.6 Å². The number of allylic oxidation sites excluding steroid dienone is 6. The van der Waals surface area contributed by atoms with Crippen LogP contribution < -0.4 is 0 Å². The SMILES string of the molecule is CO[C@H]1C[C@@H]2CC[C@@H](C)[C@@](O)(O2)C(=O)C(=O)N2CCCC[C@H]2C(=O)O[C@H]([C@H](C)C[C@@H]2CC[C@@H](OC(=O)C3(C)COC(c4ccccc4)(c4ccccc4)OC3)[C@H](OC)C2)CC(=O)[C@H](C)/C=C(\C)[C@@H](OC(C)=O)[C@@H](CO)C(=O)[C@H](C)C[C@H](C)/C=C/C=CC=C1C. The van der Waals surface area contributed by atoms with Crippen LogP contribution in [0, 0.1) is 46.8 Å². The molecule has 5 aliphatic rings. The van der Waals surface area contributed by atoms with E-state index in [1.54, 1.807) is 54.9 Å². The molecule has 4 aliphatic heterocycles. The number of Topliss-reactive ketones (excluding diaryl/α,β-unsaturated/α-hetero) is 3. The number of carbonyl (C=O) groups excluding carboxylic acids is 7. The predicted molar refractivity (Wildman–Crippen MR) is 332 cm³/mol. The summed E-state index contributed by atoms with van der Waals surface area (Å²) in [6.07, 6.45) is 11.0. The lowest BCUT2D eigenvalue weighted by Crippen LogP contribution is -2.61. The van der Waals surface area contributed by atoms with E-state index in [0.717, 1.165) is 16.7 Å². The van der Waals surface area contributed by atoms with Gasteiger partial charge in [0.05, 0.1) is 44.1 Å². The van der Waals surface area contributed by atoms with Gasteiger partial charge in [-0.25, -0.2) is 4.79 Å². The lowest BCUT2D eigenvalue weighted by Gasteiger charge is -2.45. The van der Waals surface area contributed by atoms with Gasteiger partial charge >= 0.3 is 17.9 Å². The van der Waals surface area contributed by atoms with Crippen LogP contribution in [0.3, 0.4) is 0 Å². The van der Waals surface area contributed by atoms with E-state index in [2.05, 4.69) is 0 Å². The molecule has 18 nitrogen and oxygen atoms in total. The number of ketones is 3. The van der Waals surface area contributed by atoms with Crippen molar-refractivity contribution in [3.05, 3.63) is 119 Å². The highest BCUT2D eigenvalue weighted by Crippen LogP contribution is 2.44. The van der Waals surface area contributed by atoms with Gasteiger partial charge in [0.1, 0.15) is 41.3 Å². The molecule has 1 amide bonds. The second-order valence-corrected chi connectivity index (χ2v) is 26.2. The minimum Gasteiger partial charge on any atom is -0.460 e. The Kier molecular flexibility index (Phi) is 25.2. The Morgan fingerprint density at radius 3 is 2.06 bits per heavy atom. The van der Waals surface area contributed by atoms with E-state index >= 15 is 0 Å². The molecule has 2 N–H and O–H groups in total. The molecular weight excluding hydrogens is 1140 g/mol. The van der Waals surface area contributed by atoms with E-state index in [-0.39, 0.29) is 62.4 Å². The van der Waals surface area contributed by atoms with Crippen molar-refractivity contribution in [2.45, 2.75) is 194 Å². The zero-order valence-corrected chi connectivity index (χ0v) is 54.1. The van der Waals surface area contributed by atoms with Gasteiger partial charge in [-0.15, -0.1) is 0 Å². The van der Waals surface area contributed by atoms with Crippen LogP contribution in [-0.2, 0) is 77.2 Å². The molecule has 0 aromatic heterocycles. The molecule has 488 valence electrons. The summed E-state index contributed by atoms with van der Waals surface area (Å²) in [5.74, 6) is -12.5. The lowest BCUT2D eigenvalue weighted by molar-refractivity contribution is -0.288. The molecule has 15 atom stereocenters. The van der Waals surface area contributed by atoms with Crippen molar-refractivity contribution in [3.8, 4) is 0 Å². The summed E-state index contributed by atoms with van der Waals surface area (Å²) in [4.78, 5) is 101. The number of amides is 1. The number of fused-ring (bicyclic) bond motifs is 3. The molecule has 0 spiro atoms. The van der Waals surface area contributed by atoms with Crippen LogP contribution in [0.5, 0.6) is 0 Å². The average Bonchev–Trinajstić information content (AvgIpc) is 1.14. The van der Waals surface area contributed by atoms with Gasteiger partial charge in [0, 0.05) is 69.4 Å². The van der Waals surface area contributed by atoms with Crippen LogP contribution >= 0.6 is 0 Å². The van der Waals surface area contributed by atoms with Gasteiger partial charge in [-0.05, 0) is 114 Å². The highest BCUT2D eigenvalue weighted by Gasteiger charge is 2.54. The molecule has 1 saturated carbocycles. The summed E-state index contributed by atoms with van der Waals surface area (Å²) < 4.78 is 49.8. The fraction of sp³-hybridized carbons (Fsp3) is 0.620. The summed E-state index contributed by atoms with van der Waals surface area (Å²) in [6, 6.07) is 18.0. The summed E-state index contributed by atoms with van der Waals surface area (Å²) in [5, 5.41) is 22.9. The topological polar surface area (TPSA) is 237 Å². The van der Waals surface area contributed by atoms with E-state index in [1.165, 1.54) is 11.8 Å². The quantitative estimate of drug-likeness (QED) is 0.0921. The predicted octanol–water partition coefficient (Wildman–Crippen LogP) is 9.85. The van der Waals surface area contributed by atoms with Gasteiger partial charge in [-0.1, -0.05) is 132 Å². The highest BCUT2D eigenvalue weighted by atomic mass is 16.7. The summed E-state index contributed by atoms with van der Waals surface area (Å²) in [5.41, 5.74) is 1.65. The van der Waals surface area contributed by atoms with Crippen LogP contribution in [0.2, 0.25) is 0 Å². The normalized spacial score (nSPS) is 33.7. The van der Waals surface area contributed by atoms with Crippen molar-refractivity contribution < 1.29 is 81.7 Å². The summed E-state index contributed by atoms with van der Waals surface area (Å²) in [7, 11) is 3.13. The number of aliphatic hydroxyl groups excluding tert-OH is 1. The van der Waals surface area contributed by atoms with Gasteiger partial charge < -0.3 is 53.0 Å². The molecule has 18 heteroatoms. The maximum atomic E-state index is 14.8. The number of piperidine rings is 1. The number of esters is 3. The monoisotopic (exact) mass is 1240 g/mol. The van der Waals surface area contributed by atoms with Crippen molar-refractivity contribution in [1.82, 2.24) is 4.90 Å². The number of nitrogens with zero attached hydrogens (tertiary/aromatic N) is 1. The first-order valence-corrected chi connectivity index (χ1v) is 32.0. The first-order valence-electron chi connectivity index (χ1n) is 32.0. The Balaban J connectivity index is 1.13. The lowest BCUT2D eigenvalue weighted by atomic mass is 9.78. The van der Waals surface area contributed by atoms with Gasteiger partial charge in [0.25, 0.3) is 11.7 Å². The smallest absolute Gasteiger partial charge is 0.329 e. The minimum atomic E-state index is -2.49. The molecule has 2 aromatic rings. The van der Waals surface area contributed by atoms with Gasteiger partial charge in [-0.3, -0.25) is 28.8 Å². The second kappa shape index (κ2) is 31.8. The molecule has 2 aromatic carbocycles. The third kappa shape index (κ3) is 17.3. The Bertz CT molecular complexity index is 2830. The number of methoxy groups -OCH3 is 2. The third-order valence-electron chi connectivity index (χ3n) is 19.1. The largest absolute Gasteiger partial charge is 0.460 e. The third-order valence-corrected chi connectivity index (χ3v) is 19.1. The van der Waals surface area contributed by atoms with E-state index in [0.29, 0.717) is 63.4 Å². The van der Waals surface area contributed by atoms with E-state index < -0.39 is 125 Å². The van der Waals surface area contributed by atoms with Crippen LogP contribution in [0.15, 0.2) is 108 Å². The Morgan fingerprint density at radius 1 is 0.775 bits per heavy atom. The number of cyclic esters (lactones) is 1. The van der Waals surface area contributed by atoms with Crippen LogP contribution in [-0.4, -0.2) is 145 Å². The number of rotatable bonds is 11. The summed E-state index contributed by atoms with van der Waals surface area (Å²) in [6.45, 7) is 14.9. The first-order chi connectivity index (χ1) is 42.4.